The quantitative estimate of drug-likeness (QED) is 0.742. The summed E-state index contributed by atoms with van der Waals surface area (Å²) < 4.78 is 15.7. The van der Waals surface area contributed by atoms with Crippen molar-refractivity contribution in [2.75, 3.05) is 13.7 Å². The molecule has 1 aromatic carbocycles. The number of carboxylic acids is 1. The zero-order valence-corrected chi connectivity index (χ0v) is 12.4. The fraction of sp³-hybridized carbons (Fsp3) is 0.467. The van der Waals surface area contributed by atoms with E-state index in [0.29, 0.717) is 12.2 Å². The van der Waals surface area contributed by atoms with E-state index < -0.39 is 18.0 Å². The Hall–Kier alpha value is -2.24. The van der Waals surface area contributed by atoms with Crippen LogP contribution in [0.1, 0.15) is 37.0 Å². The van der Waals surface area contributed by atoms with E-state index in [1.165, 1.54) is 25.3 Å². The molecule has 0 aliphatic carbocycles. The topological polar surface area (TPSA) is 82.1 Å². The predicted octanol–water partition coefficient (Wildman–Crippen LogP) is 2.50. The van der Waals surface area contributed by atoms with Crippen LogP contribution in [0.5, 0.6) is 11.5 Å². The molecule has 0 radical (unpaired) electrons. The number of methoxy groups -OCH3 is 1. The first-order valence-electron chi connectivity index (χ1n) is 6.78. The smallest absolute Gasteiger partial charge is 0.347 e. The third-order valence-corrected chi connectivity index (χ3v) is 2.78. The highest BCUT2D eigenvalue weighted by Gasteiger charge is 2.22. The van der Waals surface area contributed by atoms with Crippen molar-refractivity contribution in [2.24, 2.45) is 0 Å². The molecule has 1 aromatic rings. The molecule has 1 rings (SSSR count). The number of carboxylic acid groups (broad SMARTS) is 1. The van der Waals surface area contributed by atoms with Crippen molar-refractivity contribution in [3.05, 3.63) is 23.8 Å². The summed E-state index contributed by atoms with van der Waals surface area (Å²) in [5, 5.41) is 8.95. The number of hydrogen-bond acceptors (Lipinski definition) is 5. The van der Waals surface area contributed by atoms with E-state index in [9.17, 15) is 9.59 Å². The van der Waals surface area contributed by atoms with Crippen LogP contribution < -0.4 is 9.47 Å². The number of carbonyl (C=O) groups is 2. The summed E-state index contributed by atoms with van der Waals surface area (Å²) in [6, 6.07) is 4.23. The molecule has 1 N–H and O–H groups in total. The zero-order chi connectivity index (χ0) is 15.8. The maximum Gasteiger partial charge on any atom is 0.347 e. The Morgan fingerprint density at radius 1 is 1.24 bits per heavy atom. The van der Waals surface area contributed by atoms with Crippen molar-refractivity contribution >= 4 is 11.9 Å². The second-order valence-corrected chi connectivity index (χ2v) is 4.32. The van der Waals surface area contributed by atoms with Gasteiger partial charge < -0.3 is 19.3 Å². The third kappa shape index (κ3) is 4.66. The van der Waals surface area contributed by atoms with Crippen LogP contribution in [-0.2, 0) is 9.53 Å². The number of rotatable bonds is 8. The third-order valence-electron chi connectivity index (χ3n) is 2.78. The Balaban J connectivity index is 2.97. The summed E-state index contributed by atoms with van der Waals surface area (Å²) >= 11 is 0. The summed E-state index contributed by atoms with van der Waals surface area (Å²) in [6.45, 7) is 3.93. The van der Waals surface area contributed by atoms with Crippen LogP contribution in [0.3, 0.4) is 0 Å². The maximum absolute atomic E-state index is 11.8. The Kier molecular flexibility index (Phi) is 6.52. The number of carbonyl (C=O) groups excluding carboxylic acids is 1. The lowest BCUT2D eigenvalue weighted by Crippen LogP contribution is -2.29. The van der Waals surface area contributed by atoms with Gasteiger partial charge in [-0.25, -0.2) is 9.59 Å². The van der Waals surface area contributed by atoms with E-state index in [2.05, 4.69) is 0 Å². The van der Waals surface area contributed by atoms with Gasteiger partial charge in [-0.3, -0.25) is 0 Å². The van der Waals surface area contributed by atoms with E-state index in [4.69, 9.17) is 19.3 Å². The summed E-state index contributed by atoms with van der Waals surface area (Å²) in [7, 11) is 1.41. The highest BCUT2D eigenvalue weighted by atomic mass is 16.6. The SMILES string of the molecule is CCCC(Oc1ccc(C(=O)O)cc1OC)C(=O)OCC. The van der Waals surface area contributed by atoms with Gasteiger partial charge in [0, 0.05) is 0 Å². The molecule has 0 aliphatic rings. The summed E-state index contributed by atoms with van der Waals surface area (Å²) in [4.78, 5) is 22.8. The molecular weight excluding hydrogens is 276 g/mol. The molecule has 21 heavy (non-hydrogen) atoms. The van der Waals surface area contributed by atoms with E-state index in [1.807, 2.05) is 6.92 Å². The first kappa shape index (κ1) is 16.8. The fourth-order valence-corrected chi connectivity index (χ4v) is 1.77. The molecule has 0 amide bonds. The summed E-state index contributed by atoms with van der Waals surface area (Å²) in [6.07, 6.45) is 0.515. The van der Waals surface area contributed by atoms with Crippen LogP contribution in [0.25, 0.3) is 0 Å². The van der Waals surface area contributed by atoms with Crippen LogP contribution in [0, 0.1) is 0 Å². The molecule has 0 fully saturated rings. The van der Waals surface area contributed by atoms with Crippen LogP contribution in [0.15, 0.2) is 18.2 Å². The van der Waals surface area contributed by atoms with Gasteiger partial charge in [-0.2, -0.15) is 0 Å². The van der Waals surface area contributed by atoms with Gasteiger partial charge in [0.1, 0.15) is 0 Å². The number of esters is 1. The van der Waals surface area contributed by atoms with Crippen molar-refractivity contribution in [2.45, 2.75) is 32.8 Å². The molecule has 0 spiro atoms. The molecule has 1 atom stereocenters. The largest absolute Gasteiger partial charge is 0.493 e. The molecule has 0 aromatic heterocycles. The molecule has 0 bridgehead atoms. The van der Waals surface area contributed by atoms with Crippen LogP contribution in [0.2, 0.25) is 0 Å². The van der Waals surface area contributed by atoms with Crippen molar-refractivity contribution in [3.8, 4) is 11.5 Å². The monoisotopic (exact) mass is 296 g/mol. The van der Waals surface area contributed by atoms with Gasteiger partial charge in [-0.05, 0) is 31.5 Å². The first-order valence-corrected chi connectivity index (χ1v) is 6.78. The zero-order valence-electron chi connectivity index (χ0n) is 12.4. The molecule has 6 heteroatoms. The van der Waals surface area contributed by atoms with E-state index in [-0.39, 0.29) is 17.9 Å². The highest BCUT2D eigenvalue weighted by Crippen LogP contribution is 2.29. The van der Waals surface area contributed by atoms with E-state index in [1.54, 1.807) is 6.92 Å². The normalized spacial score (nSPS) is 11.6. The number of benzene rings is 1. The Bertz CT molecular complexity index is 497. The van der Waals surface area contributed by atoms with Crippen LogP contribution in [-0.4, -0.2) is 36.9 Å². The second-order valence-electron chi connectivity index (χ2n) is 4.32. The van der Waals surface area contributed by atoms with Gasteiger partial charge >= 0.3 is 11.9 Å². The van der Waals surface area contributed by atoms with E-state index in [0.717, 1.165) is 6.42 Å². The molecular formula is C15H20O6. The summed E-state index contributed by atoms with van der Waals surface area (Å²) in [5.41, 5.74) is 0.0855. The minimum absolute atomic E-state index is 0.0855. The standard InChI is InChI=1S/C15H20O6/c1-4-6-12(15(18)20-5-2)21-11-8-7-10(14(16)17)9-13(11)19-3/h7-9,12H,4-6H2,1-3H3,(H,16,17). The van der Waals surface area contributed by atoms with Gasteiger partial charge in [0.15, 0.2) is 17.6 Å². The molecule has 116 valence electrons. The lowest BCUT2D eigenvalue weighted by Gasteiger charge is -2.18. The number of hydrogen-bond donors (Lipinski definition) is 1. The van der Waals surface area contributed by atoms with Crippen molar-refractivity contribution < 1.29 is 28.9 Å². The van der Waals surface area contributed by atoms with Crippen molar-refractivity contribution in [3.63, 3.8) is 0 Å². The minimum atomic E-state index is -1.06. The molecule has 0 saturated carbocycles. The van der Waals surface area contributed by atoms with Gasteiger partial charge in [-0.1, -0.05) is 13.3 Å². The Labute approximate surface area is 123 Å². The van der Waals surface area contributed by atoms with Crippen LogP contribution in [0.4, 0.5) is 0 Å². The van der Waals surface area contributed by atoms with Crippen molar-refractivity contribution in [1.29, 1.82) is 0 Å². The molecule has 0 saturated heterocycles. The summed E-state index contributed by atoms with van der Waals surface area (Å²) in [5.74, 6) is -0.923. The van der Waals surface area contributed by atoms with Gasteiger partial charge in [0.05, 0.1) is 19.3 Å². The maximum atomic E-state index is 11.8. The van der Waals surface area contributed by atoms with Crippen LogP contribution >= 0.6 is 0 Å². The highest BCUT2D eigenvalue weighted by molar-refractivity contribution is 5.88. The van der Waals surface area contributed by atoms with Gasteiger partial charge in [0.25, 0.3) is 0 Å². The predicted molar refractivity (Wildman–Crippen MR) is 75.9 cm³/mol. The molecule has 0 aliphatic heterocycles. The Morgan fingerprint density at radius 2 is 1.95 bits per heavy atom. The lowest BCUT2D eigenvalue weighted by atomic mass is 10.2. The van der Waals surface area contributed by atoms with E-state index >= 15 is 0 Å². The number of ether oxygens (including phenoxy) is 3. The fourth-order valence-electron chi connectivity index (χ4n) is 1.77. The molecule has 0 heterocycles. The molecule has 1 unspecified atom stereocenters. The second kappa shape index (κ2) is 8.14. The first-order chi connectivity index (χ1) is 10.0. The lowest BCUT2D eigenvalue weighted by molar-refractivity contribution is -0.151. The Morgan fingerprint density at radius 3 is 2.48 bits per heavy atom. The van der Waals surface area contributed by atoms with Gasteiger partial charge in [-0.15, -0.1) is 0 Å². The molecule has 6 nitrogen and oxygen atoms in total. The number of aromatic carboxylic acids is 1. The van der Waals surface area contributed by atoms with Crippen molar-refractivity contribution in [1.82, 2.24) is 0 Å². The minimum Gasteiger partial charge on any atom is -0.493 e. The average Bonchev–Trinajstić information content (AvgIpc) is 2.47. The van der Waals surface area contributed by atoms with Gasteiger partial charge in [0.2, 0.25) is 0 Å². The average molecular weight is 296 g/mol.